The van der Waals surface area contributed by atoms with Gasteiger partial charge in [0.15, 0.2) is 0 Å². The van der Waals surface area contributed by atoms with E-state index < -0.39 is 0 Å². The van der Waals surface area contributed by atoms with Gasteiger partial charge in [0.05, 0.1) is 0 Å². The molecule has 0 aliphatic heterocycles. The highest BCUT2D eigenvalue weighted by molar-refractivity contribution is 4.89. The zero-order chi connectivity index (χ0) is 8.69. The lowest BCUT2D eigenvalue weighted by atomic mass is 9.97. The van der Waals surface area contributed by atoms with E-state index in [1.54, 1.807) is 0 Å². The third kappa shape index (κ3) is 7.64. The van der Waals surface area contributed by atoms with E-state index in [4.69, 9.17) is 0 Å². The molecule has 0 aromatic carbocycles. The molecule has 0 nitrogen and oxygen atoms in total. The first-order chi connectivity index (χ1) is 5.16. The highest BCUT2D eigenvalue weighted by atomic mass is 14.1. The molecular formula is C11H22. The Morgan fingerprint density at radius 1 is 1.36 bits per heavy atom. The molecule has 0 saturated carbocycles. The van der Waals surface area contributed by atoms with Gasteiger partial charge in [0.25, 0.3) is 0 Å². The minimum Gasteiger partial charge on any atom is -0.100 e. The van der Waals surface area contributed by atoms with Gasteiger partial charge in [0, 0.05) is 0 Å². The fourth-order valence-electron chi connectivity index (χ4n) is 1.44. The van der Waals surface area contributed by atoms with Crippen LogP contribution in [0.4, 0.5) is 0 Å². The zero-order valence-corrected chi connectivity index (χ0v) is 8.32. The minimum atomic E-state index is 0.846. The van der Waals surface area contributed by atoms with Crippen molar-refractivity contribution in [1.82, 2.24) is 0 Å². The molecule has 0 spiro atoms. The number of allylic oxidation sites excluding steroid dienone is 1. The van der Waals surface area contributed by atoms with E-state index in [1.165, 1.54) is 37.7 Å². The van der Waals surface area contributed by atoms with Crippen LogP contribution >= 0.6 is 0 Å². The van der Waals surface area contributed by atoms with Gasteiger partial charge in [-0.25, -0.2) is 0 Å². The van der Waals surface area contributed by atoms with Gasteiger partial charge >= 0.3 is 0 Å². The van der Waals surface area contributed by atoms with Crippen LogP contribution < -0.4 is 0 Å². The molecule has 0 bridgehead atoms. The van der Waals surface area contributed by atoms with Crippen molar-refractivity contribution in [1.29, 1.82) is 0 Å². The maximum atomic E-state index is 3.92. The van der Waals surface area contributed by atoms with Crippen LogP contribution in [0, 0.1) is 5.92 Å². The Labute approximate surface area is 71.7 Å². The first-order valence-electron chi connectivity index (χ1n) is 4.81. The van der Waals surface area contributed by atoms with Crippen LogP contribution in [0.25, 0.3) is 0 Å². The van der Waals surface area contributed by atoms with Crippen molar-refractivity contribution in [3.05, 3.63) is 12.2 Å². The monoisotopic (exact) mass is 154 g/mol. The lowest BCUT2D eigenvalue weighted by Crippen LogP contribution is -1.94. The molecule has 1 atom stereocenters. The summed E-state index contributed by atoms with van der Waals surface area (Å²) in [6.07, 6.45) is 6.70. The van der Waals surface area contributed by atoms with E-state index >= 15 is 0 Å². The van der Waals surface area contributed by atoms with E-state index in [0.717, 1.165) is 5.92 Å². The summed E-state index contributed by atoms with van der Waals surface area (Å²) in [5.41, 5.74) is 1.33. The first-order valence-corrected chi connectivity index (χ1v) is 4.81. The maximum absolute atomic E-state index is 3.92. The molecule has 0 N–H and O–H groups in total. The average Bonchev–Trinajstić information content (AvgIpc) is 1.86. The third-order valence-electron chi connectivity index (χ3n) is 2.00. The smallest absolute Gasteiger partial charge is 0.0300 e. The molecule has 11 heavy (non-hydrogen) atoms. The fourth-order valence-corrected chi connectivity index (χ4v) is 1.44. The Kier molecular flexibility index (Phi) is 6.30. The van der Waals surface area contributed by atoms with E-state index in [2.05, 4.69) is 27.4 Å². The van der Waals surface area contributed by atoms with Crippen molar-refractivity contribution in [2.24, 2.45) is 5.92 Å². The predicted molar refractivity (Wildman–Crippen MR) is 52.7 cm³/mol. The Morgan fingerprint density at radius 2 is 2.00 bits per heavy atom. The SMILES string of the molecule is C=C(C)CC(C)CCCCC. The third-order valence-corrected chi connectivity index (χ3v) is 2.00. The molecule has 0 aromatic rings. The molecule has 0 aliphatic rings. The van der Waals surface area contributed by atoms with Gasteiger partial charge < -0.3 is 0 Å². The highest BCUT2D eigenvalue weighted by Gasteiger charge is 2.00. The highest BCUT2D eigenvalue weighted by Crippen LogP contribution is 2.16. The van der Waals surface area contributed by atoms with E-state index in [9.17, 15) is 0 Å². The molecule has 0 aromatic heterocycles. The summed E-state index contributed by atoms with van der Waals surface area (Å²) in [4.78, 5) is 0. The number of unbranched alkanes of at least 4 members (excludes halogenated alkanes) is 2. The number of hydrogen-bond donors (Lipinski definition) is 0. The summed E-state index contributed by atoms with van der Waals surface area (Å²) >= 11 is 0. The van der Waals surface area contributed by atoms with Crippen molar-refractivity contribution < 1.29 is 0 Å². The van der Waals surface area contributed by atoms with Crippen molar-refractivity contribution in [3.8, 4) is 0 Å². The fraction of sp³-hybridized carbons (Fsp3) is 0.818. The normalized spacial score (nSPS) is 13.0. The summed E-state index contributed by atoms with van der Waals surface area (Å²) in [5.74, 6) is 0.846. The van der Waals surface area contributed by atoms with Gasteiger partial charge in [-0.3, -0.25) is 0 Å². The Morgan fingerprint density at radius 3 is 2.45 bits per heavy atom. The molecular weight excluding hydrogens is 132 g/mol. The number of rotatable bonds is 6. The number of hydrogen-bond acceptors (Lipinski definition) is 0. The van der Waals surface area contributed by atoms with Crippen LogP contribution in [0.1, 0.15) is 52.9 Å². The van der Waals surface area contributed by atoms with Crippen LogP contribution in [0.2, 0.25) is 0 Å². The minimum absolute atomic E-state index is 0.846. The van der Waals surface area contributed by atoms with Gasteiger partial charge in [0.1, 0.15) is 0 Å². The van der Waals surface area contributed by atoms with Crippen molar-refractivity contribution in [2.75, 3.05) is 0 Å². The maximum Gasteiger partial charge on any atom is -0.0300 e. The van der Waals surface area contributed by atoms with E-state index in [1.807, 2.05) is 0 Å². The zero-order valence-electron chi connectivity index (χ0n) is 8.32. The van der Waals surface area contributed by atoms with Crippen LogP contribution in [-0.4, -0.2) is 0 Å². The van der Waals surface area contributed by atoms with Gasteiger partial charge in [-0.05, 0) is 19.3 Å². The molecule has 66 valence electrons. The lowest BCUT2D eigenvalue weighted by Gasteiger charge is -2.09. The summed E-state index contributed by atoms with van der Waals surface area (Å²) in [7, 11) is 0. The van der Waals surface area contributed by atoms with Gasteiger partial charge in [-0.15, -0.1) is 6.58 Å². The lowest BCUT2D eigenvalue weighted by molar-refractivity contribution is 0.492. The Balaban J connectivity index is 3.22. The molecule has 0 amide bonds. The quantitative estimate of drug-likeness (QED) is 0.398. The summed E-state index contributed by atoms with van der Waals surface area (Å²) < 4.78 is 0. The average molecular weight is 154 g/mol. The van der Waals surface area contributed by atoms with Gasteiger partial charge in [-0.1, -0.05) is 45.1 Å². The van der Waals surface area contributed by atoms with Crippen molar-refractivity contribution in [3.63, 3.8) is 0 Å². The molecule has 0 radical (unpaired) electrons. The molecule has 0 aliphatic carbocycles. The second-order valence-corrected chi connectivity index (χ2v) is 3.76. The molecule has 0 heteroatoms. The van der Waals surface area contributed by atoms with Gasteiger partial charge in [0.2, 0.25) is 0 Å². The standard InChI is InChI=1S/C11H22/c1-5-6-7-8-11(4)9-10(2)3/h11H,2,5-9H2,1,3-4H3. The molecule has 1 unspecified atom stereocenters. The Hall–Kier alpha value is -0.260. The Bertz CT molecular complexity index is 103. The van der Waals surface area contributed by atoms with E-state index in [0.29, 0.717) is 0 Å². The second-order valence-electron chi connectivity index (χ2n) is 3.76. The molecule has 0 rings (SSSR count). The molecule has 0 saturated heterocycles. The molecule has 0 fully saturated rings. The van der Waals surface area contributed by atoms with Crippen LogP contribution in [-0.2, 0) is 0 Å². The predicted octanol–water partition coefficient (Wildman–Crippen LogP) is 4.17. The van der Waals surface area contributed by atoms with Crippen LogP contribution in [0.5, 0.6) is 0 Å². The summed E-state index contributed by atoms with van der Waals surface area (Å²) in [6.45, 7) is 10.6. The van der Waals surface area contributed by atoms with Crippen molar-refractivity contribution in [2.45, 2.75) is 52.9 Å². The van der Waals surface area contributed by atoms with Crippen molar-refractivity contribution >= 4 is 0 Å². The second kappa shape index (κ2) is 6.45. The summed E-state index contributed by atoms with van der Waals surface area (Å²) in [5, 5.41) is 0. The van der Waals surface area contributed by atoms with Crippen LogP contribution in [0.3, 0.4) is 0 Å². The topological polar surface area (TPSA) is 0 Å². The molecule has 0 heterocycles. The van der Waals surface area contributed by atoms with Gasteiger partial charge in [-0.2, -0.15) is 0 Å². The van der Waals surface area contributed by atoms with Crippen LogP contribution in [0.15, 0.2) is 12.2 Å². The van der Waals surface area contributed by atoms with E-state index in [-0.39, 0.29) is 0 Å². The largest absolute Gasteiger partial charge is 0.100 e. The summed E-state index contributed by atoms with van der Waals surface area (Å²) in [6, 6.07) is 0. The first kappa shape index (κ1) is 10.7.